The van der Waals surface area contributed by atoms with Gasteiger partial charge in [0.2, 0.25) is 0 Å². The number of carbonyl (C=O) groups excluding carboxylic acids is 1. The molecule has 0 fully saturated rings. The van der Waals surface area contributed by atoms with Gasteiger partial charge in [-0.1, -0.05) is 71.6 Å². The molecule has 0 rings (SSSR count). The number of aliphatic carboxylic acids is 1. The van der Waals surface area contributed by atoms with E-state index < -0.39 is 5.97 Å². The summed E-state index contributed by atoms with van der Waals surface area (Å²) in [4.78, 5) is 10.4. The van der Waals surface area contributed by atoms with Gasteiger partial charge in [0.15, 0.2) is 0 Å². The first-order valence-corrected chi connectivity index (χ1v) is 8.48. The zero-order valence-electron chi connectivity index (χ0n) is 13.5. The van der Waals surface area contributed by atoms with E-state index in [1.165, 1.54) is 70.6 Å². The van der Waals surface area contributed by atoms with Crippen molar-refractivity contribution in [1.29, 1.82) is 0 Å². The Morgan fingerprint density at radius 3 is 1.90 bits per heavy atom. The molecular weight excluding hydrogens is 252 g/mol. The first kappa shape index (κ1) is 19.4. The number of carbonyl (C=O) groups is 1. The Hall–Kier alpha value is -0.570. The van der Waals surface area contributed by atoms with Gasteiger partial charge < -0.3 is 14.6 Å². The van der Waals surface area contributed by atoms with Gasteiger partial charge in [-0.25, -0.2) is 0 Å². The molecule has 0 spiro atoms. The van der Waals surface area contributed by atoms with E-state index in [0.29, 0.717) is 12.5 Å². The fourth-order valence-electron chi connectivity index (χ4n) is 2.52. The summed E-state index contributed by atoms with van der Waals surface area (Å²) in [5, 5.41) is 10.4. The number of carboxylic acid groups (broad SMARTS) is 1. The zero-order chi connectivity index (χ0) is 15.1. The monoisotopic (exact) mass is 285 g/mol. The lowest BCUT2D eigenvalue weighted by atomic mass is 9.95. The summed E-state index contributed by atoms with van der Waals surface area (Å²) < 4.78 is 5.23. The smallest absolute Gasteiger partial charge is 0.0861 e. The third-order valence-corrected chi connectivity index (χ3v) is 3.76. The number of hydrogen-bond donors (Lipinski definition) is 0. The fraction of sp³-hybridized carbons (Fsp3) is 0.941. The quantitative estimate of drug-likeness (QED) is 0.431. The van der Waals surface area contributed by atoms with Gasteiger partial charge in [-0.15, -0.1) is 0 Å². The molecule has 0 N–H and O–H groups in total. The number of hydrogen-bond acceptors (Lipinski definition) is 3. The van der Waals surface area contributed by atoms with Crippen molar-refractivity contribution in [2.75, 3.05) is 13.2 Å². The minimum Gasteiger partial charge on any atom is -0.548 e. The maximum absolute atomic E-state index is 10.4. The van der Waals surface area contributed by atoms with Crippen LogP contribution in [0.3, 0.4) is 0 Å². The van der Waals surface area contributed by atoms with E-state index in [-0.39, 0.29) is 6.61 Å². The summed E-state index contributed by atoms with van der Waals surface area (Å²) in [6.45, 7) is 4.76. The molecule has 1 atom stereocenters. The van der Waals surface area contributed by atoms with Crippen LogP contribution in [0.5, 0.6) is 0 Å². The van der Waals surface area contributed by atoms with E-state index in [1.807, 2.05) is 0 Å². The summed E-state index contributed by atoms with van der Waals surface area (Å²) in [6, 6.07) is 0. The van der Waals surface area contributed by atoms with Gasteiger partial charge in [-0.05, 0) is 18.8 Å². The van der Waals surface area contributed by atoms with Crippen LogP contribution in [0.1, 0.15) is 84.5 Å². The van der Waals surface area contributed by atoms with E-state index in [1.54, 1.807) is 0 Å². The van der Waals surface area contributed by atoms with Crippen LogP contribution < -0.4 is 5.11 Å². The molecule has 0 amide bonds. The molecule has 0 aromatic heterocycles. The van der Waals surface area contributed by atoms with E-state index in [2.05, 4.69) is 13.8 Å². The fourth-order valence-corrected chi connectivity index (χ4v) is 2.52. The lowest BCUT2D eigenvalue weighted by molar-refractivity contribution is -0.309. The SMILES string of the molecule is CCCCCCCC(CCCCCC)COCC(=O)[O-]. The molecule has 0 saturated carbocycles. The predicted molar refractivity (Wildman–Crippen MR) is 81.5 cm³/mol. The van der Waals surface area contributed by atoms with Crippen LogP contribution in [-0.4, -0.2) is 19.2 Å². The van der Waals surface area contributed by atoms with Crippen LogP contribution in [0.15, 0.2) is 0 Å². The first-order valence-electron chi connectivity index (χ1n) is 8.48. The van der Waals surface area contributed by atoms with Crippen molar-refractivity contribution in [2.24, 2.45) is 5.92 Å². The average Bonchev–Trinajstić information content (AvgIpc) is 2.42. The Morgan fingerprint density at radius 2 is 1.40 bits per heavy atom. The van der Waals surface area contributed by atoms with Gasteiger partial charge in [0.05, 0.1) is 12.6 Å². The standard InChI is InChI=1S/C17H34O3/c1-3-5-7-9-11-13-16(12-10-8-6-4-2)14-20-15-17(18)19/h16H,3-15H2,1-2H3,(H,18,19)/p-1. The lowest BCUT2D eigenvalue weighted by Gasteiger charge is -2.17. The van der Waals surface area contributed by atoms with Gasteiger partial charge in [-0.3, -0.25) is 0 Å². The Labute approximate surface area is 125 Å². The topological polar surface area (TPSA) is 49.4 Å². The van der Waals surface area contributed by atoms with Gasteiger partial charge in [0.25, 0.3) is 0 Å². The highest BCUT2D eigenvalue weighted by Gasteiger charge is 2.09. The Balaban J connectivity index is 3.75. The molecule has 0 aromatic carbocycles. The summed E-state index contributed by atoms with van der Waals surface area (Å²) in [5.41, 5.74) is 0. The average molecular weight is 285 g/mol. The van der Waals surface area contributed by atoms with Gasteiger partial charge >= 0.3 is 0 Å². The van der Waals surface area contributed by atoms with Gasteiger partial charge in [-0.2, -0.15) is 0 Å². The molecule has 0 aliphatic carbocycles. The molecule has 0 aromatic rings. The molecule has 3 nitrogen and oxygen atoms in total. The highest BCUT2D eigenvalue weighted by molar-refractivity contribution is 5.65. The van der Waals surface area contributed by atoms with Crippen LogP contribution in [0, 0.1) is 5.92 Å². The van der Waals surface area contributed by atoms with Crippen LogP contribution >= 0.6 is 0 Å². The molecule has 0 bridgehead atoms. The van der Waals surface area contributed by atoms with Crippen LogP contribution in [0.2, 0.25) is 0 Å². The van der Waals surface area contributed by atoms with Crippen LogP contribution in [0.25, 0.3) is 0 Å². The Kier molecular flexibility index (Phi) is 14.4. The molecule has 0 aliphatic rings. The molecule has 0 radical (unpaired) electrons. The summed E-state index contributed by atoms with van der Waals surface area (Å²) in [7, 11) is 0. The van der Waals surface area contributed by atoms with Crippen molar-refractivity contribution in [2.45, 2.75) is 84.5 Å². The highest BCUT2D eigenvalue weighted by Crippen LogP contribution is 2.19. The molecule has 1 unspecified atom stereocenters. The van der Waals surface area contributed by atoms with Crippen LogP contribution in [0.4, 0.5) is 0 Å². The molecular formula is C17H33O3-. The first-order chi connectivity index (χ1) is 9.70. The second-order valence-electron chi connectivity index (χ2n) is 5.81. The minimum absolute atomic E-state index is 0.263. The number of unbranched alkanes of at least 4 members (excludes halogenated alkanes) is 7. The third kappa shape index (κ3) is 13.9. The normalized spacial score (nSPS) is 12.5. The van der Waals surface area contributed by atoms with Crippen molar-refractivity contribution in [3.05, 3.63) is 0 Å². The predicted octanol–water partition coefficient (Wildman–Crippen LogP) is 3.70. The van der Waals surface area contributed by atoms with Gasteiger partial charge in [0, 0.05) is 6.61 Å². The van der Waals surface area contributed by atoms with Gasteiger partial charge in [0.1, 0.15) is 0 Å². The summed E-state index contributed by atoms with van der Waals surface area (Å²) in [5.74, 6) is -0.592. The van der Waals surface area contributed by atoms with Crippen molar-refractivity contribution in [3.8, 4) is 0 Å². The van der Waals surface area contributed by atoms with E-state index in [9.17, 15) is 9.90 Å². The number of carboxylic acids is 1. The maximum atomic E-state index is 10.4. The lowest BCUT2D eigenvalue weighted by Crippen LogP contribution is -2.28. The maximum Gasteiger partial charge on any atom is 0.0861 e. The van der Waals surface area contributed by atoms with E-state index >= 15 is 0 Å². The van der Waals surface area contributed by atoms with Crippen molar-refractivity contribution < 1.29 is 14.6 Å². The zero-order valence-corrected chi connectivity index (χ0v) is 13.5. The summed E-state index contributed by atoms with van der Waals surface area (Å²) >= 11 is 0. The second-order valence-corrected chi connectivity index (χ2v) is 5.81. The number of ether oxygens (including phenoxy) is 1. The molecule has 0 heterocycles. The summed E-state index contributed by atoms with van der Waals surface area (Å²) in [6.07, 6.45) is 13.9. The largest absolute Gasteiger partial charge is 0.548 e. The Morgan fingerprint density at radius 1 is 0.900 bits per heavy atom. The van der Waals surface area contributed by atoms with E-state index in [0.717, 1.165) is 0 Å². The van der Waals surface area contributed by atoms with Crippen LogP contribution in [-0.2, 0) is 9.53 Å². The van der Waals surface area contributed by atoms with Crippen molar-refractivity contribution in [3.63, 3.8) is 0 Å². The molecule has 3 heteroatoms. The highest BCUT2D eigenvalue weighted by atomic mass is 16.5. The molecule has 120 valence electrons. The molecule has 0 aliphatic heterocycles. The Bertz CT molecular complexity index is 216. The third-order valence-electron chi connectivity index (χ3n) is 3.76. The van der Waals surface area contributed by atoms with E-state index in [4.69, 9.17) is 4.74 Å². The molecule has 0 saturated heterocycles. The van der Waals surface area contributed by atoms with Crippen molar-refractivity contribution >= 4 is 5.97 Å². The van der Waals surface area contributed by atoms with Crippen molar-refractivity contribution in [1.82, 2.24) is 0 Å². The minimum atomic E-state index is -1.11. The molecule has 20 heavy (non-hydrogen) atoms. The second kappa shape index (κ2) is 14.8. The number of rotatable bonds is 15.